The number of carbonyl (C=O) groups is 1. The molecule has 1 N–H and O–H groups in total. The van der Waals surface area contributed by atoms with Crippen LogP contribution in [0.5, 0.6) is 11.5 Å². The van der Waals surface area contributed by atoms with Crippen molar-refractivity contribution in [2.45, 2.75) is 12.8 Å². The monoisotopic (exact) mass is 647 g/mol. The van der Waals surface area contributed by atoms with E-state index in [9.17, 15) is 26.4 Å². The van der Waals surface area contributed by atoms with E-state index in [2.05, 4.69) is 26.5 Å². The molecule has 0 spiro atoms. The molecule has 0 saturated heterocycles. The first-order valence-corrected chi connectivity index (χ1v) is 14.0. The Kier molecular flexibility index (Phi) is 9.86. The molecule has 208 valence electrons. The molecule has 3 aromatic rings. The second-order valence-electron chi connectivity index (χ2n) is 8.03. The van der Waals surface area contributed by atoms with Crippen molar-refractivity contribution in [1.29, 1.82) is 0 Å². The number of rotatable bonds is 10. The fourth-order valence-electron chi connectivity index (χ4n) is 3.30. The highest BCUT2D eigenvalue weighted by Gasteiger charge is 2.32. The number of sulfonamides is 1. The minimum absolute atomic E-state index is 0.181. The van der Waals surface area contributed by atoms with Crippen LogP contribution in [-0.4, -0.2) is 40.4 Å². The van der Waals surface area contributed by atoms with Crippen molar-refractivity contribution in [2.75, 3.05) is 24.2 Å². The fraction of sp³-hybridized carbons (Fsp3) is 0.200. The molecule has 0 aliphatic rings. The molecular weight excluding hydrogens is 627 g/mol. The number of anilines is 1. The van der Waals surface area contributed by atoms with Gasteiger partial charge in [-0.25, -0.2) is 13.8 Å². The third kappa shape index (κ3) is 8.35. The zero-order valence-corrected chi connectivity index (χ0v) is 23.7. The zero-order valence-electron chi connectivity index (χ0n) is 20.5. The smallest absolute Gasteiger partial charge is 0.416 e. The van der Waals surface area contributed by atoms with Crippen molar-refractivity contribution in [3.8, 4) is 11.5 Å². The van der Waals surface area contributed by atoms with Gasteiger partial charge in [0.05, 0.1) is 35.3 Å². The van der Waals surface area contributed by atoms with E-state index in [1.54, 1.807) is 24.3 Å². The molecule has 1 amide bonds. The molecular formula is C25H22BrClF3N3O5S. The Balaban J connectivity index is 1.71. The molecule has 0 atom stereocenters. The largest absolute Gasteiger partial charge is 0.493 e. The molecule has 8 nitrogen and oxygen atoms in total. The number of amides is 1. The lowest BCUT2D eigenvalue weighted by molar-refractivity contribution is -0.137. The van der Waals surface area contributed by atoms with Crippen molar-refractivity contribution in [3.63, 3.8) is 0 Å². The number of hydrogen-bond acceptors (Lipinski definition) is 6. The summed E-state index contributed by atoms with van der Waals surface area (Å²) in [5.74, 6) is -0.111. The molecule has 0 saturated carbocycles. The van der Waals surface area contributed by atoms with E-state index in [-0.39, 0.29) is 12.3 Å². The van der Waals surface area contributed by atoms with Crippen LogP contribution >= 0.6 is 27.5 Å². The molecule has 0 fully saturated rings. The number of hydrogen-bond donors (Lipinski definition) is 1. The van der Waals surface area contributed by atoms with Gasteiger partial charge < -0.3 is 9.47 Å². The summed E-state index contributed by atoms with van der Waals surface area (Å²) in [4.78, 5) is 12.4. The van der Waals surface area contributed by atoms with Gasteiger partial charge in [0.1, 0.15) is 13.2 Å². The summed E-state index contributed by atoms with van der Waals surface area (Å²) in [6, 6.07) is 14.1. The average Bonchev–Trinajstić information content (AvgIpc) is 2.86. The highest BCUT2D eigenvalue weighted by molar-refractivity contribution is 9.10. The van der Waals surface area contributed by atoms with Crippen LogP contribution in [0.2, 0.25) is 5.02 Å². The van der Waals surface area contributed by atoms with Gasteiger partial charge in [-0.15, -0.1) is 0 Å². The second-order valence-corrected chi connectivity index (χ2v) is 11.2. The quantitative estimate of drug-likeness (QED) is 0.227. The van der Waals surface area contributed by atoms with Crippen LogP contribution in [0.3, 0.4) is 0 Å². The van der Waals surface area contributed by atoms with Gasteiger partial charge in [0.2, 0.25) is 10.0 Å². The first kappa shape index (κ1) is 30.3. The van der Waals surface area contributed by atoms with Crippen LogP contribution in [0.4, 0.5) is 18.9 Å². The number of methoxy groups -OCH3 is 1. The SMILES string of the molecule is COc1cc(/C=N\NC(=O)CN(c2cccc(C(F)(F)F)c2)S(C)(=O)=O)cc(Br)c1OCc1ccccc1Cl. The van der Waals surface area contributed by atoms with E-state index in [1.165, 1.54) is 13.3 Å². The summed E-state index contributed by atoms with van der Waals surface area (Å²) in [5, 5.41) is 4.37. The Bertz CT molecular complexity index is 1490. The number of benzene rings is 3. The number of carbonyl (C=O) groups excluding carboxylic acids is 1. The predicted octanol–water partition coefficient (Wildman–Crippen LogP) is 5.63. The number of nitrogens with one attached hydrogen (secondary N) is 1. The molecule has 0 aliphatic carbocycles. The Morgan fingerprint density at radius 3 is 2.51 bits per heavy atom. The van der Waals surface area contributed by atoms with Crippen LogP contribution in [0.15, 0.2) is 70.2 Å². The fourth-order valence-corrected chi connectivity index (χ4v) is 4.91. The number of alkyl halides is 3. The van der Waals surface area contributed by atoms with Gasteiger partial charge in [-0.05, 0) is 57.9 Å². The minimum atomic E-state index is -4.68. The standard InChI is InChI=1S/C25H22BrClF3N3O5S/c1-37-22-11-16(10-20(26)24(22)38-15-17-6-3-4-9-21(17)27)13-31-32-23(34)14-33(39(2,35)36)19-8-5-7-18(12-19)25(28,29)30/h3-13H,14-15H2,1-2H3,(H,32,34)/b31-13-. The molecule has 0 bridgehead atoms. The Morgan fingerprint density at radius 2 is 1.87 bits per heavy atom. The van der Waals surface area contributed by atoms with Gasteiger partial charge in [0, 0.05) is 10.6 Å². The maximum Gasteiger partial charge on any atom is 0.416 e. The lowest BCUT2D eigenvalue weighted by atomic mass is 10.2. The number of nitrogens with zero attached hydrogens (tertiary/aromatic N) is 2. The van der Waals surface area contributed by atoms with Gasteiger partial charge in [-0.2, -0.15) is 18.3 Å². The maximum absolute atomic E-state index is 13.1. The summed E-state index contributed by atoms with van der Waals surface area (Å²) < 4.78 is 76.0. The summed E-state index contributed by atoms with van der Waals surface area (Å²) in [7, 11) is -2.65. The van der Waals surface area contributed by atoms with Crippen LogP contribution in [0.1, 0.15) is 16.7 Å². The highest BCUT2D eigenvalue weighted by Crippen LogP contribution is 2.37. The van der Waals surface area contributed by atoms with Crippen LogP contribution in [0, 0.1) is 0 Å². The molecule has 0 heterocycles. The van der Waals surface area contributed by atoms with Crippen LogP contribution in [0.25, 0.3) is 0 Å². The number of ether oxygens (including phenoxy) is 2. The lowest BCUT2D eigenvalue weighted by Crippen LogP contribution is -2.39. The highest BCUT2D eigenvalue weighted by atomic mass is 79.9. The van der Waals surface area contributed by atoms with E-state index in [0.717, 1.165) is 30.0 Å². The average molecular weight is 649 g/mol. The third-order valence-corrected chi connectivity index (χ3v) is 7.23. The minimum Gasteiger partial charge on any atom is -0.493 e. The third-order valence-electron chi connectivity index (χ3n) is 5.13. The van der Waals surface area contributed by atoms with Crippen molar-refractivity contribution in [3.05, 3.63) is 86.8 Å². The first-order valence-electron chi connectivity index (χ1n) is 11.0. The molecule has 0 unspecified atom stereocenters. The van der Waals surface area contributed by atoms with E-state index < -0.39 is 34.2 Å². The van der Waals surface area contributed by atoms with Gasteiger partial charge >= 0.3 is 6.18 Å². The Labute approximate surface area is 236 Å². The number of halogens is 5. The van der Waals surface area contributed by atoms with E-state index in [4.69, 9.17) is 21.1 Å². The molecule has 0 radical (unpaired) electrons. The summed E-state index contributed by atoms with van der Waals surface area (Å²) in [5.41, 5.74) is 2.07. The molecule has 0 aromatic heterocycles. The maximum atomic E-state index is 13.1. The number of hydrazone groups is 1. The summed E-state index contributed by atoms with van der Waals surface area (Å²) >= 11 is 9.58. The van der Waals surface area contributed by atoms with Crippen molar-refractivity contribution < 1.29 is 35.9 Å². The van der Waals surface area contributed by atoms with E-state index >= 15 is 0 Å². The van der Waals surface area contributed by atoms with E-state index in [0.29, 0.717) is 36.9 Å². The normalized spacial score (nSPS) is 11.9. The van der Waals surface area contributed by atoms with Gasteiger partial charge in [0.15, 0.2) is 11.5 Å². The Morgan fingerprint density at radius 1 is 1.15 bits per heavy atom. The molecule has 14 heteroatoms. The predicted molar refractivity (Wildman–Crippen MR) is 146 cm³/mol. The van der Waals surface area contributed by atoms with Crippen LogP contribution < -0.4 is 19.2 Å². The molecule has 0 aliphatic heterocycles. The lowest BCUT2D eigenvalue weighted by Gasteiger charge is -2.22. The van der Waals surface area contributed by atoms with Gasteiger partial charge in [-0.3, -0.25) is 9.10 Å². The van der Waals surface area contributed by atoms with Crippen molar-refractivity contribution >= 4 is 55.4 Å². The zero-order chi connectivity index (χ0) is 28.8. The van der Waals surface area contributed by atoms with Crippen molar-refractivity contribution in [2.24, 2.45) is 5.10 Å². The van der Waals surface area contributed by atoms with Gasteiger partial charge in [-0.1, -0.05) is 35.9 Å². The molecule has 3 aromatic carbocycles. The second kappa shape index (κ2) is 12.7. The van der Waals surface area contributed by atoms with Gasteiger partial charge in [0.25, 0.3) is 5.91 Å². The van der Waals surface area contributed by atoms with E-state index in [1.807, 2.05) is 12.1 Å². The van der Waals surface area contributed by atoms with Crippen molar-refractivity contribution in [1.82, 2.24) is 5.43 Å². The summed E-state index contributed by atoms with van der Waals surface area (Å²) in [6.07, 6.45) is -2.63. The molecule has 39 heavy (non-hydrogen) atoms. The van der Waals surface area contributed by atoms with Crippen LogP contribution in [-0.2, 0) is 27.6 Å². The topological polar surface area (TPSA) is 97.3 Å². The Hall–Kier alpha value is -3.29. The first-order chi connectivity index (χ1) is 18.3. The summed E-state index contributed by atoms with van der Waals surface area (Å²) in [6.45, 7) is -0.611. The molecule has 3 rings (SSSR count).